The minimum atomic E-state index is -4.44. The number of sulfonamides is 1. The van der Waals surface area contributed by atoms with Crippen LogP contribution in [0.2, 0.25) is 0 Å². The van der Waals surface area contributed by atoms with Crippen molar-refractivity contribution < 1.29 is 26.7 Å². The number of aryl methyl sites for hydroxylation is 1. The third kappa shape index (κ3) is 3.80. The number of rotatable bonds is 5. The van der Waals surface area contributed by atoms with E-state index in [2.05, 4.69) is 9.82 Å². The Balaban J connectivity index is 1.91. The lowest BCUT2D eigenvalue weighted by molar-refractivity contribution is -0.137. The van der Waals surface area contributed by atoms with E-state index in [1.165, 1.54) is 31.2 Å². The third-order valence-electron chi connectivity index (χ3n) is 4.91. The molecule has 1 atom stereocenters. The first kappa shape index (κ1) is 21.3. The smallest absolute Gasteiger partial charge is 0.395 e. The average molecular weight is 452 g/mol. The first-order valence-electron chi connectivity index (χ1n) is 9.30. The quantitative estimate of drug-likeness (QED) is 0.487. The van der Waals surface area contributed by atoms with Gasteiger partial charge in [0.25, 0.3) is 0 Å². The molecule has 31 heavy (non-hydrogen) atoms. The molecule has 0 aliphatic heterocycles. The van der Waals surface area contributed by atoms with Gasteiger partial charge in [0, 0.05) is 35.7 Å². The number of aliphatic hydroxyl groups is 1. The summed E-state index contributed by atoms with van der Waals surface area (Å²) in [7, 11) is -2.17. The Morgan fingerprint density at radius 3 is 2.42 bits per heavy atom. The summed E-state index contributed by atoms with van der Waals surface area (Å²) in [5.74, 6) is 0. The molecule has 0 aliphatic carbocycles. The molecule has 2 heterocycles. The fraction of sp³-hybridized carbons (Fsp3) is 0.250. The molecule has 0 bridgehead atoms. The molecule has 2 aromatic heterocycles. The Labute approximate surface area is 175 Å². The summed E-state index contributed by atoms with van der Waals surface area (Å²) in [6.07, 6.45) is -2.72. The largest absolute Gasteiger partial charge is 0.416 e. The van der Waals surface area contributed by atoms with Gasteiger partial charge in [0.1, 0.15) is 0 Å². The summed E-state index contributed by atoms with van der Waals surface area (Å²) < 4.78 is 69.7. The van der Waals surface area contributed by atoms with Crippen molar-refractivity contribution in [1.29, 1.82) is 0 Å². The van der Waals surface area contributed by atoms with Gasteiger partial charge in [-0.2, -0.15) is 18.3 Å². The molecule has 0 aliphatic rings. The number of hydrogen-bond acceptors (Lipinski definition) is 4. The Morgan fingerprint density at radius 2 is 1.81 bits per heavy atom. The van der Waals surface area contributed by atoms with Gasteiger partial charge >= 0.3 is 6.18 Å². The SMILES string of the molecule is C[C@@H](CO)NS(=O)(=O)c1ccc2c(c1)c1cn(C)nc1n2-c1ccc(C(F)(F)F)cc1. The van der Waals surface area contributed by atoms with Gasteiger partial charge in [-0.15, -0.1) is 0 Å². The summed E-state index contributed by atoms with van der Waals surface area (Å²) in [6.45, 7) is 1.19. The molecule has 11 heteroatoms. The van der Waals surface area contributed by atoms with Crippen LogP contribution in [0.1, 0.15) is 12.5 Å². The summed E-state index contributed by atoms with van der Waals surface area (Å²) in [5.41, 5.74) is 0.798. The number of nitrogens with one attached hydrogen (secondary N) is 1. The lowest BCUT2D eigenvalue weighted by atomic mass is 10.2. The van der Waals surface area contributed by atoms with Crippen LogP contribution in [0, 0.1) is 0 Å². The highest BCUT2D eigenvalue weighted by molar-refractivity contribution is 7.89. The summed E-state index contributed by atoms with van der Waals surface area (Å²) in [4.78, 5) is 0.00984. The Kier molecular flexibility index (Phi) is 5.07. The predicted octanol–water partition coefficient (Wildman–Crippen LogP) is 3.20. The number of benzene rings is 2. The van der Waals surface area contributed by atoms with Gasteiger partial charge in [-0.1, -0.05) is 0 Å². The van der Waals surface area contributed by atoms with E-state index in [4.69, 9.17) is 5.11 Å². The molecular weight excluding hydrogens is 433 g/mol. The fourth-order valence-corrected chi connectivity index (χ4v) is 4.73. The summed E-state index contributed by atoms with van der Waals surface area (Å²) in [6, 6.07) is 8.53. The summed E-state index contributed by atoms with van der Waals surface area (Å²) >= 11 is 0. The molecule has 2 N–H and O–H groups in total. The number of alkyl halides is 3. The summed E-state index contributed by atoms with van der Waals surface area (Å²) in [5, 5.41) is 14.8. The minimum Gasteiger partial charge on any atom is -0.395 e. The normalized spacial score (nSPS) is 13.9. The zero-order valence-electron chi connectivity index (χ0n) is 16.6. The second-order valence-corrected chi connectivity index (χ2v) is 9.02. The van der Waals surface area contributed by atoms with Crippen LogP contribution >= 0.6 is 0 Å². The van der Waals surface area contributed by atoms with Crippen LogP contribution < -0.4 is 4.72 Å². The molecule has 0 fully saturated rings. The number of aromatic nitrogens is 3. The molecule has 2 aromatic carbocycles. The molecule has 0 amide bonds. The molecule has 4 rings (SSSR count). The molecular formula is C20H19F3N4O3S. The Hall–Kier alpha value is -2.89. The lowest BCUT2D eigenvalue weighted by Crippen LogP contribution is -2.34. The van der Waals surface area contributed by atoms with Crippen LogP contribution in [0.4, 0.5) is 13.2 Å². The van der Waals surface area contributed by atoms with Crippen molar-refractivity contribution in [2.45, 2.75) is 24.0 Å². The highest BCUT2D eigenvalue weighted by atomic mass is 32.2. The van der Waals surface area contributed by atoms with Crippen LogP contribution in [0.3, 0.4) is 0 Å². The third-order valence-corrected chi connectivity index (χ3v) is 6.50. The molecule has 0 spiro atoms. The molecule has 0 unspecified atom stereocenters. The van der Waals surface area contributed by atoms with E-state index in [0.717, 1.165) is 12.1 Å². The van der Waals surface area contributed by atoms with Crippen LogP contribution in [0.15, 0.2) is 53.6 Å². The van der Waals surface area contributed by atoms with E-state index in [1.807, 2.05) is 0 Å². The first-order chi connectivity index (χ1) is 14.5. The monoisotopic (exact) mass is 452 g/mol. The first-order valence-corrected chi connectivity index (χ1v) is 10.8. The van der Waals surface area contributed by atoms with Crippen molar-refractivity contribution in [2.75, 3.05) is 6.61 Å². The van der Waals surface area contributed by atoms with Crippen molar-refractivity contribution in [3.05, 3.63) is 54.2 Å². The number of hydrogen-bond donors (Lipinski definition) is 2. The molecule has 0 saturated heterocycles. The van der Waals surface area contributed by atoms with E-state index in [1.54, 1.807) is 28.6 Å². The van der Waals surface area contributed by atoms with Crippen LogP contribution in [-0.2, 0) is 23.2 Å². The second-order valence-electron chi connectivity index (χ2n) is 7.30. The predicted molar refractivity (Wildman–Crippen MR) is 109 cm³/mol. The van der Waals surface area contributed by atoms with Crippen molar-refractivity contribution in [1.82, 2.24) is 19.1 Å². The standard InChI is InChI=1S/C20H19F3N4O3S/c1-12(11-28)25-31(29,30)15-7-8-18-16(9-15)17-10-26(2)24-19(17)27(18)14-5-3-13(4-6-14)20(21,22)23/h3-10,12,25,28H,11H2,1-2H3/t12-/m0/s1. The van der Waals surface area contributed by atoms with Gasteiger partial charge < -0.3 is 5.11 Å². The van der Waals surface area contributed by atoms with Gasteiger partial charge in [0.2, 0.25) is 10.0 Å². The highest BCUT2D eigenvalue weighted by Crippen LogP contribution is 2.34. The van der Waals surface area contributed by atoms with Crippen molar-refractivity contribution in [3.63, 3.8) is 0 Å². The van der Waals surface area contributed by atoms with Crippen LogP contribution in [0.5, 0.6) is 0 Å². The van der Waals surface area contributed by atoms with Crippen molar-refractivity contribution >= 4 is 32.0 Å². The zero-order valence-corrected chi connectivity index (χ0v) is 17.4. The Bertz CT molecular complexity index is 1370. The molecule has 0 radical (unpaired) electrons. The van der Waals surface area contributed by atoms with Gasteiger partial charge in [-0.3, -0.25) is 9.25 Å². The Morgan fingerprint density at radius 1 is 1.13 bits per heavy atom. The van der Waals surface area contributed by atoms with E-state index in [9.17, 15) is 21.6 Å². The highest BCUT2D eigenvalue weighted by Gasteiger charge is 2.30. The zero-order chi connectivity index (χ0) is 22.6. The van der Waals surface area contributed by atoms with E-state index in [-0.39, 0.29) is 11.5 Å². The maximum Gasteiger partial charge on any atom is 0.416 e. The molecule has 0 saturated carbocycles. The van der Waals surface area contributed by atoms with Gasteiger partial charge in [-0.25, -0.2) is 13.1 Å². The second kappa shape index (κ2) is 7.36. The minimum absolute atomic E-state index is 0.00984. The van der Waals surface area contributed by atoms with Crippen LogP contribution in [0.25, 0.3) is 27.6 Å². The van der Waals surface area contributed by atoms with Crippen molar-refractivity contribution in [3.8, 4) is 5.69 Å². The molecule has 4 aromatic rings. The van der Waals surface area contributed by atoms with Crippen molar-refractivity contribution in [2.24, 2.45) is 7.05 Å². The number of aliphatic hydroxyl groups excluding tert-OH is 1. The van der Waals surface area contributed by atoms with E-state index in [0.29, 0.717) is 27.6 Å². The maximum absolute atomic E-state index is 12.9. The topological polar surface area (TPSA) is 89.2 Å². The van der Waals surface area contributed by atoms with Gasteiger partial charge in [-0.05, 0) is 49.4 Å². The van der Waals surface area contributed by atoms with E-state index >= 15 is 0 Å². The number of fused-ring (bicyclic) bond motifs is 3. The van der Waals surface area contributed by atoms with Gasteiger partial charge in [0.15, 0.2) is 5.65 Å². The number of nitrogens with zero attached hydrogens (tertiary/aromatic N) is 3. The maximum atomic E-state index is 12.9. The van der Waals surface area contributed by atoms with Crippen LogP contribution in [-0.4, -0.2) is 40.5 Å². The fourth-order valence-electron chi connectivity index (χ4n) is 3.47. The number of halogens is 3. The lowest BCUT2D eigenvalue weighted by Gasteiger charge is -2.12. The average Bonchev–Trinajstić information content (AvgIpc) is 3.21. The molecule has 7 nitrogen and oxygen atoms in total. The van der Waals surface area contributed by atoms with Gasteiger partial charge in [0.05, 0.1) is 22.6 Å². The van der Waals surface area contributed by atoms with E-state index < -0.39 is 27.8 Å². The molecule has 164 valence electrons.